The minimum Gasteiger partial charge on any atom is -0.338 e. The van der Waals surface area contributed by atoms with E-state index >= 15 is 0 Å². The fraction of sp³-hybridized carbons (Fsp3) is 0.235. The van der Waals surface area contributed by atoms with E-state index in [-0.39, 0.29) is 10.9 Å². The quantitative estimate of drug-likeness (QED) is 0.805. The molecule has 0 aliphatic rings. The van der Waals surface area contributed by atoms with Crippen LogP contribution in [0.2, 0.25) is 5.02 Å². The molecular formula is C17H20ClN3O3S. The van der Waals surface area contributed by atoms with Crippen molar-refractivity contribution in [2.45, 2.75) is 24.9 Å². The van der Waals surface area contributed by atoms with Gasteiger partial charge in [0.05, 0.1) is 4.90 Å². The zero-order chi connectivity index (χ0) is 18.4. The van der Waals surface area contributed by atoms with Gasteiger partial charge < -0.3 is 10.2 Å². The van der Waals surface area contributed by atoms with Gasteiger partial charge in [-0.3, -0.25) is 0 Å². The third-order valence-electron chi connectivity index (χ3n) is 3.53. The number of urea groups is 1. The Morgan fingerprint density at radius 2 is 1.52 bits per heavy atom. The monoisotopic (exact) mass is 381 g/mol. The van der Waals surface area contributed by atoms with Gasteiger partial charge in [0.2, 0.25) is 10.0 Å². The first-order chi connectivity index (χ1) is 11.8. The van der Waals surface area contributed by atoms with Crippen molar-refractivity contribution in [3.8, 4) is 0 Å². The van der Waals surface area contributed by atoms with E-state index < -0.39 is 10.0 Å². The van der Waals surface area contributed by atoms with Gasteiger partial charge >= 0.3 is 6.03 Å². The molecule has 0 heterocycles. The maximum absolute atomic E-state index is 12.3. The lowest BCUT2D eigenvalue weighted by Crippen LogP contribution is -2.38. The zero-order valence-corrected chi connectivity index (χ0v) is 15.3. The van der Waals surface area contributed by atoms with Gasteiger partial charge in [0, 0.05) is 24.7 Å². The lowest BCUT2D eigenvalue weighted by atomic mass is 10.2. The second kappa shape index (κ2) is 8.33. The van der Waals surface area contributed by atoms with Gasteiger partial charge in [0.25, 0.3) is 0 Å². The summed E-state index contributed by atoms with van der Waals surface area (Å²) in [5.41, 5.74) is 1.74. The molecule has 0 atom stereocenters. The number of primary sulfonamides is 1. The van der Waals surface area contributed by atoms with Crippen molar-refractivity contribution in [3.63, 3.8) is 0 Å². The molecule has 8 heteroatoms. The Morgan fingerprint density at radius 1 is 1.04 bits per heavy atom. The van der Waals surface area contributed by atoms with Gasteiger partial charge in [0.15, 0.2) is 0 Å². The number of carbonyl (C=O) groups excluding carboxylic acids is 1. The highest BCUT2D eigenvalue weighted by atomic mass is 35.5. The van der Waals surface area contributed by atoms with Crippen LogP contribution in [-0.4, -0.2) is 25.9 Å². The van der Waals surface area contributed by atoms with Crippen LogP contribution in [0.1, 0.15) is 18.1 Å². The molecule has 25 heavy (non-hydrogen) atoms. The van der Waals surface area contributed by atoms with E-state index in [1.165, 1.54) is 12.1 Å². The second-order valence-electron chi connectivity index (χ2n) is 5.51. The average Bonchev–Trinajstić information content (AvgIpc) is 2.56. The Labute approximate surface area is 152 Å². The third-order valence-corrected chi connectivity index (χ3v) is 4.71. The van der Waals surface area contributed by atoms with Gasteiger partial charge in [-0.05, 0) is 42.3 Å². The number of carbonyl (C=O) groups is 1. The first-order valence-electron chi connectivity index (χ1n) is 7.68. The summed E-state index contributed by atoms with van der Waals surface area (Å²) in [6.07, 6.45) is 0. The van der Waals surface area contributed by atoms with E-state index in [2.05, 4.69) is 5.32 Å². The first kappa shape index (κ1) is 19.2. The highest BCUT2D eigenvalue weighted by Crippen LogP contribution is 2.15. The van der Waals surface area contributed by atoms with E-state index in [1.807, 2.05) is 19.1 Å². The molecule has 0 aromatic heterocycles. The molecule has 0 radical (unpaired) electrons. The number of nitrogens with one attached hydrogen (secondary N) is 1. The minimum absolute atomic E-state index is 0.0403. The van der Waals surface area contributed by atoms with Crippen molar-refractivity contribution in [1.82, 2.24) is 10.2 Å². The average molecular weight is 382 g/mol. The number of amides is 2. The lowest BCUT2D eigenvalue weighted by molar-refractivity contribution is 0.193. The smallest absolute Gasteiger partial charge is 0.317 e. The highest BCUT2D eigenvalue weighted by molar-refractivity contribution is 7.89. The molecule has 0 saturated heterocycles. The number of benzene rings is 2. The van der Waals surface area contributed by atoms with E-state index in [0.717, 1.165) is 11.1 Å². The van der Waals surface area contributed by atoms with Gasteiger partial charge in [0.1, 0.15) is 0 Å². The maximum Gasteiger partial charge on any atom is 0.317 e. The summed E-state index contributed by atoms with van der Waals surface area (Å²) in [5, 5.41) is 8.51. The van der Waals surface area contributed by atoms with Crippen molar-refractivity contribution >= 4 is 27.7 Å². The summed E-state index contributed by atoms with van der Waals surface area (Å²) in [6.45, 7) is 3.10. The Bertz CT molecular complexity index is 821. The largest absolute Gasteiger partial charge is 0.338 e. The van der Waals surface area contributed by atoms with Crippen LogP contribution in [0.5, 0.6) is 0 Å². The summed E-state index contributed by atoms with van der Waals surface area (Å²) in [6, 6.07) is 13.2. The minimum atomic E-state index is -3.73. The fourth-order valence-electron chi connectivity index (χ4n) is 2.28. The zero-order valence-electron chi connectivity index (χ0n) is 13.8. The predicted molar refractivity (Wildman–Crippen MR) is 97.6 cm³/mol. The SMILES string of the molecule is CCNC(=O)N(Cc1ccc(Cl)cc1)Cc1ccc(S(N)(=O)=O)cc1. The van der Waals surface area contributed by atoms with Crippen molar-refractivity contribution in [3.05, 3.63) is 64.7 Å². The number of nitrogens with two attached hydrogens (primary N) is 1. The summed E-state index contributed by atoms with van der Waals surface area (Å²) in [7, 11) is -3.73. The van der Waals surface area contributed by atoms with Crippen molar-refractivity contribution in [1.29, 1.82) is 0 Å². The molecule has 2 aromatic carbocycles. The van der Waals surface area contributed by atoms with Gasteiger partial charge in [-0.2, -0.15) is 0 Å². The molecule has 0 aliphatic carbocycles. The Balaban J connectivity index is 2.18. The lowest BCUT2D eigenvalue weighted by Gasteiger charge is -2.23. The number of rotatable bonds is 6. The molecule has 3 N–H and O–H groups in total. The van der Waals surface area contributed by atoms with Crippen LogP contribution in [0, 0.1) is 0 Å². The van der Waals surface area contributed by atoms with Crippen LogP contribution in [0.25, 0.3) is 0 Å². The number of nitrogens with zero attached hydrogens (tertiary/aromatic N) is 1. The molecular weight excluding hydrogens is 362 g/mol. The van der Waals surface area contributed by atoms with Gasteiger partial charge in [-0.25, -0.2) is 18.4 Å². The van der Waals surface area contributed by atoms with Crippen LogP contribution >= 0.6 is 11.6 Å². The maximum atomic E-state index is 12.3. The molecule has 134 valence electrons. The number of sulfonamides is 1. The highest BCUT2D eigenvalue weighted by Gasteiger charge is 2.15. The van der Waals surface area contributed by atoms with Crippen LogP contribution < -0.4 is 10.5 Å². The van der Waals surface area contributed by atoms with Crippen LogP contribution in [0.3, 0.4) is 0 Å². The van der Waals surface area contributed by atoms with E-state index in [0.29, 0.717) is 24.7 Å². The Morgan fingerprint density at radius 3 is 1.96 bits per heavy atom. The normalized spacial score (nSPS) is 11.2. The molecule has 0 aliphatic heterocycles. The van der Waals surface area contributed by atoms with Crippen molar-refractivity contribution in [2.24, 2.45) is 5.14 Å². The summed E-state index contributed by atoms with van der Waals surface area (Å²) in [4.78, 5) is 14.0. The second-order valence-corrected chi connectivity index (χ2v) is 7.50. The van der Waals surface area contributed by atoms with Crippen molar-refractivity contribution in [2.75, 3.05) is 6.54 Å². The molecule has 2 aromatic rings. The van der Waals surface area contributed by atoms with Crippen LogP contribution in [-0.2, 0) is 23.1 Å². The molecule has 6 nitrogen and oxygen atoms in total. The first-order valence-corrected chi connectivity index (χ1v) is 9.61. The molecule has 0 spiro atoms. The standard InChI is InChI=1S/C17H20ClN3O3S/c1-2-20-17(22)21(11-13-3-7-15(18)8-4-13)12-14-5-9-16(10-6-14)25(19,23)24/h3-10H,2,11-12H2,1H3,(H,20,22)(H2,19,23,24). The molecule has 2 amide bonds. The summed E-state index contributed by atoms with van der Waals surface area (Å²) >= 11 is 5.89. The van der Waals surface area contributed by atoms with Crippen molar-refractivity contribution < 1.29 is 13.2 Å². The van der Waals surface area contributed by atoms with E-state index in [1.54, 1.807) is 29.2 Å². The molecule has 0 unspecified atom stereocenters. The topological polar surface area (TPSA) is 92.5 Å². The summed E-state index contributed by atoms with van der Waals surface area (Å²) < 4.78 is 22.6. The Hall–Kier alpha value is -2.09. The third kappa shape index (κ3) is 5.74. The van der Waals surface area contributed by atoms with Crippen LogP contribution in [0.15, 0.2) is 53.4 Å². The molecule has 2 rings (SSSR count). The summed E-state index contributed by atoms with van der Waals surface area (Å²) in [5.74, 6) is 0. The van der Waals surface area contributed by atoms with E-state index in [4.69, 9.17) is 16.7 Å². The fourth-order valence-corrected chi connectivity index (χ4v) is 2.92. The van der Waals surface area contributed by atoms with Gasteiger partial charge in [-0.15, -0.1) is 0 Å². The Kier molecular flexibility index (Phi) is 6.41. The molecule has 0 saturated carbocycles. The van der Waals surface area contributed by atoms with Crippen LogP contribution in [0.4, 0.5) is 4.79 Å². The molecule has 0 fully saturated rings. The number of halogens is 1. The van der Waals surface area contributed by atoms with E-state index in [9.17, 15) is 13.2 Å². The number of hydrogen-bond acceptors (Lipinski definition) is 3. The molecule has 0 bridgehead atoms. The predicted octanol–water partition coefficient (Wildman–Crippen LogP) is 2.72. The number of hydrogen-bond donors (Lipinski definition) is 2. The van der Waals surface area contributed by atoms with Gasteiger partial charge in [-0.1, -0.05) is 35.9 Å².